The van der Waals surface area contributed by atoms with Crippen LogP contribution in [-0.4, -0.2) is 44.0 Å². The molecule has 1 aliphatic rings. The van der Waals surface area contributed by atoms with Crippen molar-refractivity contribution in [1.82, 2.24) is 25.0 Å². The van der Waals surface area contributed by atoms with E-state index in [0.29, 0.717) is 22.1 Å². The quantitative estimate of drug-likeness (QED) is 0.644. The molecule has 0 aromatic carbocycles. The monoisotopic (exact) mass is 372 g/mol. The van der Waals surface area contributed by atoms with Gasteiger partial charge in [0.05, 0.1) is 41.7 Å². The van der Waals surface area contributed by atoms with E-state index < -0.39 is 0 Å². The zero-order chi connectivity index (χ0) is 17.9. The number of halogens is 1. The Morgan fingerprint density at radius 2 is 2.19 bits per heavy atom. The summed E-state index contributed by atoms with van der Waals surface area (Å²) < 4.78 is 1.82. The standard InChI is InChI=1S/C17H18ClN7O/c18-12-10-25(11-4-7-19-8-5-11)24-15(12)17(26)22-14-9-21-23-16(14)13-3-1-2-6-20-13/h1-3,6,9-11,19H,4-5,7-8H2,(H,21,23)(H,22,26)/p+1. The van der Waals surface area contributed by atoms with Crippen molar-refractivity contribution in [3.8, 4) is 11.4 Å². The molecule has 26 heavy (non-hydrogen) atoms. The molecule has 0 spiro atoms. The van der Waals surface area contributed by atoms with Crippen molar-refractivity contribution in [2.24, 2.45) is 0 Å². The van der Waals surface area contributed by atoms with E-state index in [1.54, 1.807) is 18.6 Å². The van der Waals surface area contributed by atoms with Gasteiger partial charge in [0.2, 0.25) is 0 Å². The Morgan fingerprint density at radius 3 is 2.96 bits per heavy atom. The summed E-state index contributed by atoms with van der Waals surface area (Å²) in [5, 5.41) is 16.7. The lowest BCUT2D eigenvalue weighted by Crippen LogP contribution is -2.86. The minimum atomic E-state index is -0.366. The van der Waals surface area contributed by atoms with Gasteiger partial charge in [0.1, 0.15) is 5.69 Å². The number of piperidine rings is 1. The number of aromatic amines is 1. The Morgan fingerprint density at radius 1 is 1.35 bits per heavy atom. The number of nitrogens with two attached hydrogens (primary N) is 1. The number of hydrogen-bond donors (Lipinski definition) is 3. The molecule has 1 fully saturated rings. The molecule has 0 radical (unpaired) electrons. The molecule has 1 amide bonds. The van der Waals surface area contributed by atoms with E-state index >= 15 is 0 Å². The summed E-state index contributed by atoms with van der Waals surface area (Å²) in [7, 11) is 0. The van der Waals surface area contributed by atoms with Crippen molar-refractivity contribution in [3.63, 3.8) is 0 Å². The van der Waals surface area contributed by atoms with E-state index in [0.717, 1.165) is 25.9 Å². The molecular weight excluding hydrogens is 354 g/mol. The second kappa shape index (κ2) is 7.27. The number of hydrogen-bond acceptors (Lipinski definition) is 4. The van der Waals surface area contributed by atoms with Gasteiger partial charge in [-0.15, -0.1) is 0 Å². The highest BCUT2D eigenvalue weighted by Gasteiger charge is 2.23. The molecule has 9 heteroatoms. The van der Waals surface area contributed by atoms with Crippen molar-refractivity contribution in [2.75, 3.05) is 18.4 Å². The number of carbonyl (C=O) groups excluding carboxylic acids is 1. The van der Waals surface area contributed by atoms with E-state index in [-0.39, 0.29) is 17.6 Å². The molecule has 4 N–H and O–H groups in total. The van der Waals surface area contributed by atoms with Crippen LogP contribution < -0.4 is 10.6 Å². The van der Waals surface area contributed by atoms with Gasteiger partial charge in [0.25, 0.3) is 5.91 Å². The average Bonchev–Trinajstić information content (AvgIpc) is 3.30. The largest absolute Gasteiger partial charge is 0.346 e. The summed E-state index contributed by atoms with van der Waals surface area (Å²) in [6.45, 7) is 2.12. The highest BCUT2D eigenvalue weighted by atomic mass is 35.5. The predicted molar refractivity (Wildman–Crippen MR) is 96.9 cm³/mol. The third-order valence-corrected chi connectivity index (χ3v) is 4.77. The van der Waals surface area contributed by atoms with E-state index in [4.69, 9.17) is 11.6 Å². The molecule has 0 atom stereocenters. The molecule has 1 aliphatic heterocycles. The van der Waals surface area contributed by atoms with E-state index in [1.807, 2.05) is 22.9 Å². The van der Waals surface area contributed by atoms with Crippen LogP contribution >= 0.6 is 11.6 Å². The number of carbonyl (C=O) groups is 1. The normalized spacial score (nSPS) is 15.1. The van der Waals surface area contributed by atoms with Crippen molar-refractivity contribution in [3.05, 3.63) is 47.5 Å². The maximum Gasteiger partial charge on any atom is 0.277 e. The number of nitrogens with zero attached hydrogens (tertiary/aromatic N) is 4. The van der Waals surface area contributed by atoms with Crippen molar-refractivity contribution < 1.29 is 10.1 Å². The maximum absolute atomic E-state index is 12.7. The number of rotatable bonds is 4. The molecule has 0 unspecified atom stereocenters. The minimum Gasteiger partial charge on any atom is -0.346 e. The second-order valence-electron chi connectivity index (χ2n) is 6.23. The van der Waals surface area contributed by atoms with Gasteiger partial charge >= 0.3 is 0 Å². The molecule has 4 heterocycles. The highest BCUT2D eigenvalue weighted by Crippen LogP contribution is 2.25. The Hall–Kier alpha value is -2.71. The number of pyridine rings is 1. The number of anilines is 1. The predicted octanol–water partition coefficient (Wildman–Crippen LogP) is 1.47. The molecule has 3 aromatic rings. The summed E-state index contributed by atoms with van der Waals surface area (Å²) in [6.07, 6.45) is 7.00. The molecule has 3 aromatic heterocycles. The van der Waals surface area contributed by atoms with Crippen LogP contribution in [0.2, 0.25) is 5.02 Å². The zero-order valence-corrected chi connectivity index (χ0v) is 14.8. The van der Waals surface area contributed by atoms with Crippen LogP contribution in [0.1, 0.15) is 29.4 Å². The summed E-state index contributed by atoms with van der Waals surface area (Å²) in [5.41, 5.74) is 2.08. The van der Waals surface area contributed by atoms with Crippen molar-refractivity contribution in [1.29, 1.82) is 0 Å². The van der Waals surface area contributed by atoms with Crippen LogP contribution in [0.25, 0.3) is 11.4 Å². The molecule has 4 rings (SSSR count). The van der Waals surface area contributed by atoms with Gasteiger partial charge in [-0.05, 0) is 12.1 Å². The van der Waals surface area contributed by atoms with Gasteiger partial charge in [-0.2, -0.15) is 10.2 Å². The number of H-pyrrole nitrogens is 1. The van der Waals surface area contributed by atoms with Crippen LogP contribution in [-0.2, 0) is 0 Å². The van der Waals surface area contributed by atoms with Crippen LogP contribution in [0.3, 0.4) is 0 Å². The number of aromatic nitrogens is 5. The third kappa shape index (κ3) is 3.33. The topological polar surface area (TPSA) is 105 Å². The lowest BCUT2D eigenvalue weighted by molar-refractivity contribution is -0.664. The first kappa shape index (κ1) is 16.7. The number of amides is 1. The lowest BCUT2D eigenvalue weighted by atomic mass is 10.1. The first-order chi connectivity index (χ1) is 12.7. The molecule has 0 bridgehead atoms. The summed E-state index contributed by atoms with van der Waals surface area (Å²) in [4.78, 5) is 16.9. The van der Waals surface area contributed by atoms with Gasteiger partial charge in [-0.3, -0.25) is 19.6 Å². The lowest BCUT2D eigenvalue weighted by Gasteiger charge is -2.20. The SMILES string of the molecule is O=C(Nc1cn[nH]c1-c1ccccn1)c1nn(C2CC[NH2+]CC2)cc1Cl. The Balaban J connectivity index is 1.54. The Bertz CT molecular complexity index is 899. The first-order valence-corrected chi connectivity index (χ1v) is 8.92. The maximum atomic E-state index is 12.7. The summed E-state index contributed by atoms with van der Waals surface area (Å²) >= 11 is 6.27. The molecule has 0 aliphatic carbocycles. The van der Waals surface area contributed by atoms with Crippen LogP contribution in [0.4, 0.5) is 5.69 Å². The minimum absolute atomic E-state index is 0.217. The third-order valence-electron chi connectivity index (χ3n) is 4.49. The van der Waals surface area contributed by atoms with Crippen LogP contribution in [0.5, 0.6) is 0 Å². The number of quaternary nitrogens is 1. The molecule has 134 valence electrons. The Labute approximate surface area is 155 Å². The van der Waals surface area contributed by atoms with Crippen LogP contribution in [0, 0.1) is 0 Å². The molecule has 0 saturated carbocycles. The van der Waals surface area contributed by atoms with E-state index in [2.05, 4.69) is 30.9 Å². The van der Waals surface area contributed by atoms with E-state index in [1.165, 1.54) is 0 Å². The zero-order valence-electron chi connectivity index (χ0n) is 14.0. The van der Waals surface area contributed by atoms with E-state index in [9.17, 15) is 4.79 Å². The first-order valence-electron chi connectivity index (χ1n) is 8.55. The molecule has 8 nitrogen and oxygen atoms in total. The summed E-state index contributed by atoms with van der Waals surface area (Å²) in [6, 6.07) is 5.82. The van der Waals surface area contributed by atoms with Gasteiger partial charge < -0.3 is 10.6 Å². The highest BCUT2D eigenvalue weighted by molar-refractivity contribution is 6.34. The fourth-order valence-electron chi connectivity index (χ4n) is 3.15. The fourth-order valence-corrected chi connectivity index (χ4v) is 3.38. The summed E-state index contributed by atoms with van der Waals surface area (Å²) in [5.74, 6) is -0.366. The van der Waals surface area contributed by atoms with Crippen molar-refractivity contribution >= 4 is 23.2 Å². The molecule has 1 saturated heterocycles. The average molecular weight is 373 g/mol. The molecular formula is C17H19ClN7O+. The van der Waals surface area contributed by atoms with Gasteiger partial charge in [-0.25, -0.2) is 0 Å². The van der Waals surface area contributed by atoms with Gasteiger partial charge in [0, 0.05) is 25.2 Å². The van der Waals surface area contributed by atoms with Gasteiger partial charge in [0.15, 0.2) is 5.69 Å². The van der Waals surface area contributed by atoms with Gasteiger partial charge in [-0.1, -0.05) is 17.7 Å². The van der Waals surface area contributed by atoms with Crippen LogP contribution in [0.15, 0.2) is 36.8 Å². The smallest absolute Gasteiger partial charge is 0.277 e. The number of nitrogens with one attached hydrogen (secondary N) is 2. The Kier molecular flexibility index (Phi) is 4.68. The fraction of sp³-hybridized carbons (Fsp3) is 0.294. The second-order valence-corrected chi connectivity index (χ2v) is 6.64. The van der Waals surface area contributed by atoms with Crippen molar-refractivity contribution in [2.45, 2.75) is 18.9 Å².